The van der Waals surface area contributed by atoms with E-state index in [0.717, 1.165) is 30.3 Å². The zero-order valence-corrected chi connectivity index (χ0v) is 17.2. The molecule has 1 aromatic rings. The number of carboxylic acid groups (broad SMARTS) is 2. The van der Waals surface area contributed by atoms with Crippen LogP contribution >= 0.6 is 0 Å². The van der Waals surface area contributed by atoms with Crippen molar-refractivity contribution in [2.24, 2.45) is 11.7 Å². The largest absolute Gasteiger partial charge is 0.473 e. The van der Waals surface area contributed by atoms with Crippen molar-refractivity contribution in [3.63, 3.8) is 0 Å². The third-order valence-corrected chi connectivity index (χ3v) is 5.00. The van der Waals surface area contributed by atoms with Crippen LogP contribution in [-0.4, -0.2) is 39.4 Å². The van der Waals surface area contributed by atoms with Crippen LogP contribution in [-0.2, 0) is 16.0 Å². The van der Waals surface area contributed by atoms with Crippen LogP contribution in [0.5, 0.6) is 0 Å². The van der Waals surface area contributed by atoms with Gasteiger partial charge in [0.25, 0.3) is 0 Å². The number of furan rings is 1. The Kier molecular flexibility index (Phi) is 11.1. The first-order valence-corrected chi connectivity index (χ1v) is 10.2. The van der Waals surface area contributed by atoms with E-state index in [0.29, 0.717) is 6.42 Å². The van der Waals surface area contributed by atoms with Gasteiger partial charge in [-0.1, -0.05) is 38.0 Å². The molecule has 0 spiro atoms. The molecular weight excluding hydrogens is 374 g/mol. The number of nitrogens with two attached hydrogens (primary N) is 1. The Morgan fingerprint density at radius 3 is 2.45 bits per heavy atom. The number of aliphatic hydroxyl groups is 1. The molecule has 5 N–H and O–H groups in total. The van der Waals surface area contributed by atoms with Crippen LogP contribution in [0.15, 0.2) is 16.5 Å². The first kappa shape index (κ1) is 24.7. The van der Waals surface area contributed by atoms with Crippen LogP contribution < -0.4 is 5.73 Å². The molecular formula is C22H33NO6. The molecule has 0 unspecified atom stereocenters. The van der Waals surface area contributed by atoms with Crippen LogP contribution in [0.4, 0.5) is 0 Å². The maximum Gasteiger partial charge on any atom is 0.414 e. The predicted molar refractivity (Wildman–Crippen MR) is 109 cm³/mol. The van der Waals surface area contributed by atoms with Gasteiger partial charge in [-0.15, -0.1) is 0 Å². The normalized spacial score (nSPS) is 16.0. The third-order valence-electron chi connectivity index (χ3n) is 5.00. The molecule has 7 heteroatoms. The van der Waals surface area contributed by atoms with Gasteiger partial charge in [-0.2, -0.15) is 0 Å². The predicted octanol–water partition coefficient (Wildman–Crippen LogP) is 3.18. The standard InChI is InChI=1S/C20H31NO2.C2H2O4/c1-20(21,16-22)15-14-19-13-12-18(23-19)11-7-3-6-10-17-8-4-2-5-9-17;3-1(4)2(5)6/h12-13,17,22H,2-6,8-10,14-16,21H2,1H3;(H,3,4)(H,5,6)/t20-;/m1./s1. The van der Waals surface area contributed by atoms with Gasteiger partial charge in [0.1, 0.15) is 5.76 Å². The Bertz CT molecular complexity index is 680. The Morgan fingerprint density at radius 2 is 1.86 bits per heavy atom. The van der Waals surface area contributed by atoms with Crippen molar-refractivity contribution >= 4 is 11.9 Å². The number of unbranched alkanes of at least 4 members (excludes halogenated alkanes) is 1. The molecule has 0 saturated heterocycles. The Hall–Kier alpha value is -2.30. The van der Waals surface area contributed by atoms with Crippen molar-refractivity contribution < 1.29 is 29.3 Å². The van der Waals surface area contributed by atoms with E-state index in [9.17, 15) is 0 Å². The van der Waals surface area contributed by atoms with Gasteiger partial charge >= 0.3 is 11.9 Å². The van der Waals surface area contributed by atoms with Crippen LogP contribution in [0.1, 0.15) is 76.2 Å². The fourth-order valence-electron chi connectivity index (χ4n) is 3.17. The van der Waals surface area contributed by atoms with Crippen molar-refractivity contribution in [1.82, 2.24) is 0 Å². The lowest BCUT2D eigenvalue weighted by atomic mass is 9.86. The lowest BCUT2D eigenvalue weighted by molar-refractivity contribution is -0.159. The van der Waals surface area contributed by atoms with Crippen molar-refractivity contribution in [3.8, 4) is 11.8 Å². The van der Waals surface area contributed by atoms with E-state index >= 15 is 0 Å². The summed E-state index contributed by atoms with van der Waals surface area (Å²) in [5.41, 5.74) is 5.38. The minimum absolute atomic E-state index is 0.0125. The molecule has 0 bridgehead atoms. The summed E-state index contributed by atoms with van der Waals surface area (Å²) in [4.78, 5) is 18.2. The van der Waals surface area contributed by atoms with E-state index in [-0.39, 0.29) is 6.61 Å². The van der Waals surface area contributed by atoms with Crippen molar-refractivity contribution in [1.29, 1.82) is 0 Å². The summed E-state index contributed by atoms with van der Waals surface area (Å²) in [6.07, 6.45) is 12.0. The molecule has 1 aliphatic rings. The zero-order chi connectivity index (χ0) is 21.7. The fraction of sp³-hybridized carbons (Fsp3) is 0.636. The van der Waals surface area contributed by atoms with E-state index in [1.165, 1.54) is 44.9 Å². The highest BCUT2D eigenvalue weighted by atomic mass is 16.4. The van der Waals surface area contributed by atoms with Crippen molar-refractivity contribution in [2.45, 2.75) is 76.7 Å². The summed E-state index contributed by atoms with van der Waals surface area (Å²) < 4.78 is 5.71. The van der Waals surface area contributed by atoms with Crippen LogP contribution in [0.3, 0.4) is 0 Å². The first-order valence-electron chi connectivity index (χ1n) is 10.2. The monoisotopic (exact) mass is 407 g/mol. The second-order valence-electron chi connectivity index (χ2n) is 7.89. The lowest BCUT2D eigenvalue weighted by Gasteiger charge is -2.20. The molecule has 1 aliphatic carbocycles. The smallest absolute Gasteiger partial charge is 0.414 e. The average molecular weight is 408 g/mol. The van der Waals surface area contributed by atoms with E-state index in [2.05, 4.69) is 11.8 Å². The summed E-state index contributed by atoms with van der Waals surface area (Å²) in [5.74, 6) is 5.27. The van der Waals surface area contributed by atoms with Gasteiger partial charge in [-0.3, -0.25) is 0 Å². The van der Waals surface area contributed by atoms with Crippen molar-refractivity contribution in [2.75, 3.05) is 6.61 Å². The molecule has 1 fully saturated rings. The molecule has 2 rings (SSSR count). The maximum absolute atomic E-state index is 9.16. The van der Waals surface area contributed by atoms with E-state index in [1.807, 2.05) is 19.1 Å². The number of aryl methyl sites for hydroxylation is 1. The number of aliphatic carboxylic acids is 2. The number of carbonyl (C=O) groups is 2. The average Bonchev–Trinajstić information content (AvgIpc) is 3.15. The molecule has 1 saturated carbocycles. The van der Waals surface area contributed by atoms with E-state index < -0.39 is 17.5 Å². The number of rotatable bonds is 7. The molecule has 1 heterocycles. The van der Waals surface area contributed by atoms with Gasteiger partial charge in [0.15, 0.2) is 5.76 Å². The topological polar surface area (TPSA) is 134 Å². The molecule has 0 radical (unpaired) electrons. The van der Waals surface area contributed by atoms with E-state index in [4.69, 9.17) is 35.1 Å². The SMILES string of the molecule is C[C@](N)(CO)CCc1ccc(C#CCCCC2CCCCC2)o1.O=C(O)C(=O)O. The highest BCUT2D eigenvalue weighted by Gasteiger charge is 2.17. The first-order chi connectivity index (χ1) is 13.7. The minimum Gasteiger partial charge on any atom is -0.473 e. The Morgan fingerprint density at radius 1 is 1.21 bits per heavy atom. The summed E-state index contributed by atoms with van der Waals surface area (Å²) in [5, 5.41) is 23.9. The molecule has 1 atom stereocenters. The summed E-state index contributed by atoms with van der Waals surface area (Å²) in [6.45, 7) is 1.84. The fourth-order valence-corrected chi connectivity index (χ4v) is 3.17. The van der Waals surface area contributed by atoms with Crippen LogP contribution in [0, 0.1) is 17.8 Å². The summed E-state index contributed by atoms with van der Waals surface area (Å²) in [7, 11) is 0. The van der Waals surface area contributed by atoms with Crippen LogP contribution in [0.25, 0.3) is 0 Å². The highest BCUT2D eigenvalue weighted by molar-refractivity contribution is 6.27. The summed E-state index contributed by atoms with van der Waals surface area (Å²) in [6, 6.07) is 3.88. The van der Waals surface area contributed by atoms with Gasteiger partial charge in [-0.25, -0.2) is 9.59 Å². The van der Waals surface area contributed by atoms with Gasteiger partial charge in [0, 0.05) is 18.4 Å². The number of aliphatic hydroxyl groups excluding tert-OH is 1. The molecule has 0 aromatic carbocycles. The second kappa shape index (κ2) is 13.0. The highest BCUT2D eigenvalue weighted by Crippen LogP contribution is 2.27. The maximum atomic E-state index is 9.16. The van der Waals surface area contributed by atoms with Gasteiger partial charge in [0.05, 0.1) is 6.61 Å². The Labute approximate surface area is 172 Å². The number of carboxylic acids is 2. The second-order valence-corrected chi connectivity index (χ2v) is 7.89. The van der Waals surface area contributed by atoms with E-state index in [1.54, 1.807) is 0 Å². The molecule has 29 heavy (non-hydrogen) atoms. The quantitative estimate of drug-likeness (QED) is 0.310. The Balaban J connectivity index is 0.000000612. The summed E-state index contributed by atoms with van der Waals surface area (Å²) >= 11 is 0. The van der Waals surface area contributed by atoms with Crippen molar-refractivity contribution in [3.05, 3.63) is 23.7 Å². The number of hydrogen-bond acceptors (Lipinski definition) is 5. The number of hydrogen-bond donors (Lipinski definition) is 4. The molecule has 7 nitrogen and oxygen atoms in total. The molecule has 1 aromatic heterocycles. The molecule has 162 valence electrons. The van der Waals surface area contributed by atoms with Gasteiger partial charge in [-0.05, 0) is 50.2 Å². The zero-order valence-electron chi connectivity index (χ0n) is 17.2. The minimum atomic E-state index is -1.82. The lowest BCUT2D eigenvalue weighted by Crippen LogP contribution is -2.40. The third kappa shape index (κ3) is 11.3. The van der Waals surface area contributed by atoms with Gasteiger partial charge < -0.3 is 25.5 Å². The van der Waals surface area contributed by atoms with Crippen LogP contribution in [0.2, 0.25) is 0 Å². The molecule has 0 amide bonds. The molecule has 0 aliphatic heterocycles. The van der Waals surface area contributed by atoms with Gasteiger partial charge in [0.2, 0.25) is 0 Å².